The summed E-state index contributed by atoms with van der Waals surface area (Å²) < 4.78 is 18.0. The van der Waals surface area contributed by atoms with Crippen molar-refractivity contribution >= 4 is 17.2 Å². The van der Waals surface area contributed by atoms with Crippen LogP contribution in [-0.4, -0.2) is 17.5 Å². The van der Waals surface area contributed by atoms with Gasteiger partial charge in [0.2, 0.25) is 0 Å². The number of rotatable bonds is 5. The molecule has 0 bridgehead atoms. The van der Waals surface area contributed by atoms with Crippen molar-refractivity contribution in [3.05, 3.63) is 46.2 Å². The molecule has 1 N–H and O–H groups in total. The van der Waals surface area contributed by atoms with Gasteiger partial charge in [-0.2, -0.15) is 0 Å². The molecule has 0 aliphatic carbocycles. The third kappa shape index (κ3) is 4.33. The molecular weight excluding hydrogens is 267 g/mol. The number of ether oxygens (including phenoxy) is 1. The highest BCUT2D eigenvalue weighted by molar-refractivity contribution is 7.09. The molecule has 2 rings (SSSR count). The lowest BCUT2D eigenvalue weighted by molar-refractivity contribution is -0.123. The van der Waals surface area contributed by atoms with Crippen molar-refractivity contribution in [1.82, 2.24) is 10.3 Å². The molecule has 1 amide bonds. The molecule has 1 heterocycles. The van der Waals surface area contributed by atoms with Gasteiger partial charge in [-0.15, -0.1) is 11.3 Å². The van der Waals surface area contributed by atoms with E-state index in [0.717, 1.165) is 10.7 Å². The number of hydrogen-bond donors (Lipinski definition) is 1. The van der Waals surface area contributed by atoms with Crippen LogP contribution in [0.25, 0.3) is 0 Å². The van der Waals surface area contributed by atoms with E-state index in [1.165, 1.54) is 29.5 Å². The van der Waals surface area contributed by atoms with E-state index in [9.17, 15) is 9.18 Å². The lowest BCUT2D eigenvalue weighted by Crippen LogP contribution is -2.28. The number of carbonyl (C=O) groups excluding carboxylic acids is 1. The van der Waals surface area contributed by atoms with Crippen molar-refractivity contribution in [3.8, 4) is 5.75 Å². The van der Waals surface area contributed by atoms with Gasteiger partial charge in [0.25, 0.3) is 5.91 Å². The first kappa shape index (κ1) is 13.5. The fourth-order valence-corrected chi connectivity index (χ4v) is 2.05. The number of benzene rings is 1. The zero-order chi connectivity index (χ0) is 13.7. The van der Waals surface area contributed by atoms with Crippen LogP contribution in [0.1, 0.15) is 10.7 Å². The zero-order valence-electron chi connectivity index (χ0n) is 10.4. The Bertz CT molecular complexity index is 571. The number of thiazole rings is 1. The summed E-state index contributed by atoms with van der Waals surface area (Å²) in [5, 5.41) is 5.53. The number of aromatic nitrogens is 1. The number of halogens is 1. The molecule has 0 fully saturated rings. The van der Waals surface area contributed by atoms with E-state index < -0.39 is 5.82 Å². The van der Waals surface area contributed by atoms with E-state index in [1.807, 2.05) is 12.3 Å². The highest BCUT2D eigenvalue weighted by atomic mass is 32.1. The molecule has 2 aromatic rings. The van der Waals surface area contributed by atoms with E-state index in [-0.39, 0.29) is 12.5 Å². The highest BCUT2D eigenvalue weighted by Crippen LogP contribution is 2.11. The molecule has 0 aliphatic rings. The summed E-state index contributed by atoms with van der Waals surface area (Å²) in [5.74, 6) is -0.328. The maximum atomic E-state index is 12.9. The Morgan fingerprint density at radius 3 is 3.05 bits per heavy atom. The van der Waals surface area contributed by atoms with Crippen LogP contribution in [0.3, 0.4) is 0 Å². The van der Waals surface area contributed by atoms with Gasteiger partial charge in [-0.3, -0.25) is 4.79 Å². The van der Waals surface area contributed by atoms with E-state index in [2.05, 4.69) is 10.3 Å². The Kier molecular flexibility index (Phi) is 4.46. The average molecular weight is 280 g/mol. The predicted octanol–water partition coefficient (Wildman–Crippen LogP) is 2.29. The second-order valence-corrected chi connectivity index (χ2v) is 4.94. The minimum Gasteiger partial charge on any atom is -0.484 e. The van der Waals surface area contributed by atoms with Crippen LogP contribution in [0.15, 0.2) is 29.6 Å². The molecule has 100 valence electrons. The van der Waals surface area contributed by atoms with Gasteiger partial charge in [0.1, 0.15) is 11.6 Å². The predicted molar refractivity (Wildman–Crippen MR) is 70.6 cm³/mol. The quantitative estimate of drug-likeness (QED) is 0.914. The first-order valence-electron chi connectivity index (χ1n) is 5.69. The summed E-state index contributed by atoms with van der Waals surface area (Å²) in [6.45, 7) is 2.13. The van der Waals surface area contributed by atoms with Crippen molar-refractivity contribution in [2.24, 2.45) is 0 Å². The second-order valence-electron chi connectivity index (χ2n) is 3.88. The summed E-state index contributed by atoms with van der Waals surface area (Å²) >= 11 is 1.53. The molecule has 1 aromatic carbocycles. The lowest BCUT2D eigenvalue weighted by Gasteiger charge is -2.06. The fraction of sp³-hybridized carbons (Fsp3) is 0.231. The number of hydrogen-bond acceptors (Lipinski definition) is 4. The van der Waals surface area contributed by atoms with Crippen LogP contribution in [0.4, 0.5) is 4.39 Å². The molecule has 0 saturated heterocycles. The average Bonchev–Trinajstić information content (AvgIpc) is 2.80. The SMILES string of the molecule is Cc1nc(CNC(=O)COc2cccc(F)c2)cs1. The van der Waals surface area contributed by atoms with E-state index in [4.69, 9.17) is 4.74 Å². The van der Waals surface area contributed by atoms with Gasteiger partial charge in [0.05, 0.1) is 17.2 Å². The summed E-state index contributed by atoms with van der Waals surface area (Å²) in [5.41, 5.74) is 0.821. The molecular formula is C13H13FN2O2S. The van der Waals surface area contributed by atoms with Gasteiger partial charge in [0.15, 0.2) is 6.61 Å². The van der Waals surface area contributed by atoms with E-state index in [1.54, 1.807) is 6.07 Å². The van der Waals surface area contributed by atoms with Crippen molar-refractivity contribution in [1.29, 1.82) is 0 Å². The number of carbonyl (C=O) groups is 1. The van der Waals surface area contributed by atoms with Gasteiger partial charge in [-0.25, -0.2) is 9.37 Å². The Morgan fingerprint density at radius 1 is 1.53 bits per heavy atom. The smallest absolute Gasteiger partial charge is 0.258 e. The maximum Gasteiger partial charge on any atom is 0.258 e. The lowest BCUT2D eigenvalue weighted by atomic mass is 10.3. The molecule has 0 saturated carbocycles. The number of aryl methyl sites for hydroxylation is 1. The van der Waals surface area contributed by atoms with Gasteiger partial charge in [-0.1, -0.05) is 6.07 Å². The van der Waals surface area contributed by atoms with Crippen LogP contribution in [0.5, 0.6) is 5.75 Å². The second kappa shape index (κ2) is 6.29. The first-order chi connectivity index (χ1) is 9.13. The highest BCUT2D eigenvalue weighted by Gasteiger charge is 2.05. The van der Waals surface area contributed by atoms with E-state index in [0.29, 0.717) is 12.3 Å². The fourth-order valence-electron chi connectivity index (χ4n) is 1.44. The van der Waals surface area contributed by atoms with Crippen molar-refractivity contribution < 1.29 is 13.9 Å². The number of amides is 1. The Hall–Kier alpha value is -1.95. The minimum atomic E-state index is -0.393. The maximum absolute atomic E-state index is 12.9. The summed E-state index contributed by atoms with van der Waals surface area (Å²) in [6, 6.07) is 5.68. The molecule has 1 aromatic heterocycles. The monoisotopic (exact) mass is 280 g/mol. The molecule has 0 spiro atoms. The van der Waals surface area contributed by atoms with Gasteiger partial charge in [0, 0.05) is 11.4 Å². The third-order valence-electron chi connectivity index (χ3n) is 2.30. The molecule has 0 unspecified atom stereocenters. The third-order valence-corrected chi connectivity index (χ3v) is 3.12. The molecule has 4 nitrogen and oxygen atoms in total. The van der Waals surface area contributed by atoms with Crippen LogP contribution < -0.4 is 10.1 Å². The first-order valence-corrected chi connectivity index (χ1v) is 6.57. The topological polar surface area (TPSA) is 51.2 Å². The molecule has 6 heteroatoms. The van der Waals surface area contributed by atoms with Gasteiger partial charge in [-0.05, 0) is 19.1 Å². The zero-order valence-corrected chi connectivity index (χ0v) is 11.2. The van der Waals surface area contributed by atoms with Crippen LogP contribution in [0.2, 0.25) is 0 Å². The van der Waals surface area contributed by atoms with Crippen molar-refractivity contribution in [2.45, 2.75) is 13.5 Å². The van der Waals surface area contributed by atoms with Crippen molar-refractivity contribution in [3.63, 3.8) is 0 Å². The van der Waals surface area contributed by atoms with Gasteiger partial charge >= 0.3 is 0 Å². The largest absolute Gasteiger partial charge is 0.484 e. The van der Waals surface area contributed by atoms with Crippen molar-refractivity contribution in [2.75, 3.05) is 6.61 Å². The van der Waals surface area contributed by atoms with Crippen LogP contribution in [0, 0.1) is 12.7 Å². The van der Waals surface area contributed by atoms with Crippen LogP contribution >= 0.6 is 11.3 Å². The standard InChI is InChI=1S/C13H13FN2O2S/c1-9-16-11(8-19-9)6-15-13(17)7-18-12-4-2-3-10(14)5-12/h2-5,8H,6-7H2,1H3,(H,15,17). The minimum absolute atomic E-state index is 0.146. The summed E-state index contributed by atoms with van der Waals surface area (Å²) in [7, 11) is 0. The summed E-state index contributed by atoms with van der Waals surface area (Å²) in [6.07, 6.45) is 0. The number of nitrogens with one attached hydrogen (secondary N) is 1. The Morgan fingerprint density at radius 2 is 2.37 bits per heavy atom. The Labute approximate surface area is 114 Å². The molecule has 0 radical (unpaired) electrons. The van der Waals surface area contributed by atoms with Crippen LogP contribution in [-0.2, 0) is 11.3 Å². The summed E-state index contributed by atoms with van der Waals surface area (Å²) in [4.78, 5) is 15.8. The Balaban J connectivity index is 1.75. The molecule has 0 aliphatic heterocycles. The van der Waals surface area contributed by atoms with Gasteiger partial charge < -0.3 is 10.1 Å². The van der Waals surface area contributed by atoms with E-state index >= 15 is 0 Å². The normalized spacial score (nSPS) is 10.2. The number of nitrogens with zero attached hydrogens (tertiary/aromatic N) is 1. The molecule has 19 heavy (non-hydrogen) atoms. The molecule has 0 atom stereocenters.